The smallest absolute Gasteiger partial charge is 0.134 e. The summed E-state index contributed by atoms with van der Waals surface area (Å²) in [5.74, 6) is 0.263. The molecule has 1 heterocycles. The molecule has 0 aromatic carbocycles. The summed E-state index contributed by atoms with van der Waals surface area (Å²) in [6.07, 6.45) is 1.23. The third kappa shape index (κ3) is 1.16. The van der Waals surface area contributed by atoms with Gasteiger partial charge in [-0.2, -0.15) is 0 Å². The molecule has 0 aliphatic rings. The lowest BCUT2D eigenvalue weighted by atomic mass is 10.2. The molecule has 4 nitrogen and oxygen atoms in total. The van der Waals surface area contributed by atoms with E-state index in [2.05, 4.69) is 4.98 Å². The van der Waals surface area contributed by atoms with Gasteiger partial charge in [-0.15, -0.1) is 0 Å². The molecule has 0 amide bonds. The highest BCUT2D eigenvalue weighted by Crippen LogP contribution is 2.14. The Balaban J connectivity index is 3.09. The van der Waals surface area contributed by atoms with Crippen LogP contribution in [0.15, 0.2) is 12.3 Å². The quantitative estimate of drug-likeness (QED) is 0.507. The molecule has 0 spiro atoms. The average Bonchev–Trinajstić information content (AvgIpc) is 1.94. The van der Waals surface area contributed by atoms with Crippen LogP contribution in [0.25, 0.3) is 0 Å². The first-order valence-corrected chi connectivity index (χ1v) is 2.78. The van der Waals surface area contributed by atoms with Crippen LogP contribution in [-0.4, -0.2) is 15.2 Å². The highest BCUT2D eigenvalue weighted by Gasteiger charge is 1.98. The minimum atomic E-state index is -0.201. The van der Waals surface area contributed by atoms with Crippen molar-refractivity contribution in [1.29, 1.82) is 0 Å². The maximum Gasteiger partial charge on any atom is 0.134 e. The van der Waals surface area contributed by atoms with Crippen LogP contribution in [-0.2, 0) is 6.61 Å². The summed E-state index contributed by atoms with van der Waals surface area (Å²) in [4.78, 5) is 3.62. The number of nitrogens with zero attached hydrogens (tertiary/aromatic N) is 1. The fraction of sp³-hybridized carbons (Fsp3) is 0.167. The van der Waals surface area contributed by atoms with Crippen molar-refractivity contribution in [2.45, 2.75) is 6.61 Å². The lowest BCUT2D eigenvalue weighted by Crippen LogP contribution is -1.96. The molecule has 0 bridgehead atoms. The molecule has 10 heavy (non-hydrogen) atoms. The van der Waals surface area contributed by atoms with Crippen molar-refractivity contribution in [3.8, 4) is 5.75 Å². The second kappa shape index (κ2) is 2.53. The van der Waals surface area contributed by atoms with E-state index >= 15 is 0 Å². The molecule has 0 aliphatic heterocycles. The molecule has 0 fully saturated rings. The Morgan fingerprint density at radius 3 is 2.80 bits per heavy atom. The van der Waals surface area contributed by atoms with Crippen molar-refractivity contribution in [2.75, 3.05) is 5.73 Å². The van der Waals surface area contributed by atoms with Crippen LogP contribution in [0.3, 0.4) is 0 Å². The van der Waals surface area contributed by atoms with Crippen LogP contribution in [0.2, 0.25) is 0 Å². The Labute approximate surface area is 57.9 Å². The first kappa shape index (κ1) is 6.82. The number of hydrogen-bond acceptors (Lipinski definition) is 4. The number of pyridine rings is 1. The van der Waals surface area contributed by atoms with E-state index in [4.69, 9.17) is 15.9 Å². The lowest BCUT2D eigenvalue weighted by Gasteiger charge is -1.99. The van der Waals surface area contributed by atoms with Crippen molar-refractivity contribution in [2.24, 2.45) is 0 Å². The standard InChI is InChI=1S/C6H8N2O2/c7-6-4(3-9)1-5(10)2-8-6/h1-2,9-10H,3H2,(H2,7,8). The molecule has 0 saturated heterocycles. The number of anilines is 1. The van der Waals surface area contributed by atoms with Gasteiger partial charge in [-0.05, 0) is 6.07 Å². The Morgan fingerprint density at radius 1 is 1.60 bits per heavy atom. The predicted octanol–water partition coefficient (Wildman–Crippen LogP) is -0.138. The number of aliphatic hydroxyl groups is 1. The number of aromatic nitrogens is 1. The van der Waals surface area contributed by atoms with Crippen molar-refractivity contribution in [1.82, 2.24) is 4.98 Å². The number of nitrogens with two attached hydrogens (primary N) is 1. The van der Waals surface area contributed by atoms with Crippen LogP contribution in [0.1, 0.15) is 5.56 Å². The van der Waals surface area contributed by atoms with Gasteiger partial charge in [0.2, 0.25) is 0 Å². The number of nitrogen functional groups attached to an aromatic ring is 1. The first-order valence-electron chi connectivity index (χ1n) is 2.78. The van der Waals surface area contributed by atoms with Gasteiger partial charge in [0.05, 0.1) is 12.8 Å². The molecule has 0 unspecified atom stereocenters. The van der Waals surface area contributed by atoms with Crippen LogP contribution in [0, 0.1) is 0 Å². The molecule has 54 valence electrons. The van der Waals surface area contributed by atoms with E-state index in [1.807, 2.05) is 0 Å². The molecule has 0 atom stereocenters. The van der Waals surface area contributed by atoms with Crippen LogP contribution in [0.5, 0.6) is 5.75 Å². The summed E-state index contributed by atoms with van der Waals surface area (Å²) in [6.45, 7) is -0.201. The molecule has 0 saturated carbocycles. The van der Waals surface area contributed by atoms with Gasteiger partial charge in [-0.3, -0.25) is 0 Å². The van der Waals surface area contributed by atoms with Crippen molar-refractivity contribution in [3.63, 3.8) is 0 Å². The van der Waals surface area contributed by atoms with E-state index in [0.717, 1.165) is 0 Å². The molecule has 0 aliphatic carbocycles. The van der Waals surface area contributed by atoms with Crippen LogP contribution in [0.4, 0.5) is 5.82 Å². The first-order chi connectivity index (χ1) is 4.74. The zero-order valence-corrected chi connectivity index (χ0v) is 5.28. The second-order valence-electron chi connectivity index (χ2n) is 1.90. The number of aliphatic hydroxyl groups excluding tert-OH is 1. The third-order valence-corrected chi connectivity index (χ3v) is 1.16. The topological polar surface area (TPSA) is 79.4 Å². The zero-order chi connectivity index (χ0) is 7.56. The summed E-state index contributed by atoms with van der Waals surface area (Å²) in [6, 6.07) is 1.38. The highest BCUT2D eigenvalue weighted by atomic mass is 16.3. The minimum absolute atomic E-state index is 0.0123. The van der Waals surface area contributed by atoms with Crippen LogP contribution >= 0.6 is 0 Å². The normalized spacial score (nSPS) is 9.70. The fourth-order valence-corrected chi connectivity index (χ4v) is 0.635. The summed E-state index contributed by atoms with van der Waals surface area (Å²) in [5.41, 5.74) is 5.76. The SMILES string of the molecule is Nc1ncc(O)cc1CO. The Hall–Kier alpha value is -1.29. The van der Waals surface area contributed by atoms with Crippen molar-refractivity contribution >= 4 is 5.82 Å². The molecule has 4 N–H and O–H groups in total. The molecular formula is C6H8N2O2. The summed E-state index contributed by atoms with van der Waals surface area (Å²) in [7, 11) is 0. The Bertz CT molecular complexity index is 237. The molecule has 1 rings (SSSR count). The van der Waals surface area contributed by atoms with Gasteiger partial charge in [0, 0.05) is 5.56 Å². The van der Waals surface area contributed by atoms with Gasteiger partial charge in [0.15, 0.2) is 0 Å². The van der Waals surface area contributed by atoms with Crippen LogP contribution < -0.4 is 5.73 Å². The fourth-order valence-electron chi connectivity index (χ4n) is 0.635. The van der Waals surface area contributed by atoms with Gasteiger partial charge < -0.3 is 15.9 Å². The molecule has 0 radical (unpaired) electrons. The third-order valence-electron chi connectivity index (χ3n) is 1.16. The molecule has 1 aromatic heterocycles. The summed E-state index contributed by atoms with van der Waals surface area (Å²) >= 11 is 0. The van der Waals surface area contributed by atoms with Gasteiger partial charge in [0.1, 0.15) is 11.6 Å². The van der Waals surface area contributed by atoms with E-state index in [1.165, 1.54) is 12.3 Å². The second-order valence-corrected chi connectivity index (χ2v) is 1.90. The van der Waals surface area contributed by atoms with Crippen molar-refractivity contribution in [3.05, 3.63) is 17.8 Å². The molecule has 1 aromatic rings. The number of aromatic hydroxyl groups is 1. The maximum atomic E-state index is 8.84. The monoisotopic (exact) mass is 140 g/mol. The lowest BCUT2D eigenvalue weighted by molar-refractivity contribution is 0.281. The van der Waals surface area contributed by atoms with Gasteiger partial charge in [-0.1, -0.05) is 0 Å². The number of rotatable bonds is 1. The van der Waals surface area contributed by atoms with E-state index in [9.17, 15) is 0 Å². The van der Waals surface area contributed by atoms with Gasteiger partial charge in [0.25, 0.3) is 0 Å². The Morgan fingerprint density at radius 2 is 2.30 bits per heavy atom. The minimum Gasteiger partial charge on any atom is -0.506 e. The summed E-state index contributed by atoms with van der Waals surface area (Å²) in [5, 5.41) is 17.5. The predicted molar refractivity (Wildman–Crippen MR) is 36.2 cm³/mol. The van der Waals surface area contributed by atoms with E-state index in [-0.39, 0.29) is 18.2 Å². The maximum absolute atomic E-state index is 8.84. The summed E-state index contributed by atoms with van der Waals surface area (Å²) < 4.78 is 0. The Kier molecular flexibility index (Phi) is 1.73. The molecular weight excluding hydrogens is 132 g/mol. The zero-order valence-electron chi connectivity index (χ0n) is 5.28. The van der Waals surface area contributed by atoms with E-state index < -0.39 is 0 Å². The van der Waals surface area contributed by atoms with Gasteiger partial charge in [-0.25, -0.2) is 4.98 Å². The largest absolute Gasteiger partial charge is 0.506 e. The average molecular weight is 140 g/mol. The van der Waals surface area contributed by atoms with E-state index in [1.54, 1.807) is 0 Å². The number of hydrogen-bond donors (Lipinski definition) is 3. The molecule has 4 heteroatoms. The highest BCUT2D eigenvalue weighted by molar-refractivity contribution is 5.41. The van der Waals surface area contributed by atoms with E-state index in [0.29, 0.717) is 5.56 Å². The van der Waals surface area contributed by atoms with Gasteiger partial charge >= 0.3 is 0 Å². The van der Waals surface area contributed by atoms with Crippen molar-refractivity contribution < 1.29 is 10.2 Å².